The van der Waals surface area contributed by atoms with Gasteiger partial charge in [0.25, 0.3) is 0 Å². The fourth-order valence-corrected chi connectivity index (χ4v) is 2.33. The van der Waals surface area contributed by atoms with Crippen LogP contribution in [0.25, 0.3) is 0 Å². The highest BCUT2D eigenvalue weighted by Gasteiger charge is 2.10. The van der Waals surface area contributed by atoms with E-state index < -0.39 is 0 Å². The Bertz CT molecular complexity index is 766. The predicted octanol–water partition coefficient (Wildman–Crippen LogP) is 4.45. The quantitative estimate of drug-likeness (QED) is 0.560. The second-order valence-corrected chi connectivity index (χ2v) is 5.90. The maximum absolute atomic E-state index is 11.5. The summed E-state index contributed by atoms with van der Waals surface area (Å²) in [6, 6.07) is 0. The molecule has 0 unspecified atom stereocenters. The maximum Gasteiger partial charge on any atom is 0.222 e. The highest BCUT2D eigenvalue weighted by Crippen LogP contribution is 2.11. The fraction of sp³-hybridized carbons (Fsp3) is 0.412. The molecule has 0 saturated carbocycles. The molecule has 0 radical (unpaired) electrons. The second kappa shape index (κ2) is 10.2. The minimum Gasteiger partial charge on any atom is -0.294 e. The lowest BCUT2D eigenvalue weighted by Gasteiger charge is -2.01. The first-order valence-electron chi connectivity index (χ1n) is 7.84. The molecule has 6 nitrogen and oxygen atoms in total. The normalized spacial score (nSPS) is 10.0. The standard InChI is InChI=1S/C9H11ClN2O.C8H9ClN2O/c1-3-4-8(13)7-5-11-9(10)12-6(7)2;1-3-7(12)6-4-10-8(9)11-5(6)2/h5H,3-4H2,1-2H3;4H,3H2,1-2H3. The number of aromatic nitrogens is 4. The molecule has 134 valence electrons. The second-order valence-electron chi connectivity index (χ2n) is 5.23. The van der Waals surface area contributed by atoms with Gasteiger partial charge in [-0.25, -0.2) is 19.9 Å². The van der Waals surface area contributed by atoms with Crippen LogP contribution in [0.15, 0.2) is 12.4 Å². The molecule has 0 N–H and O–H groups in total. The SMILES string of the molecule is CCC(=O)c1cnc(Cl)nc1C.CCCC(=O)c1cnc(Cl)nc1C. The van der Waals surface area contributed by atoms with Gasteiger partial charge in [0.15, 0.2) is 11.6 Å². The van der Waals surface area contributed by atoms with Crippen LogP contribution < -0.4 is 0 Å². The molecule has 0 amide bonds. The first kappa shape index (κ1) is 21.1. The number of halogens is 2. The van der Waals surface area contributed by atoms with Gasteiger partial charge in [0.1, 0.15) is 0 Å². The van der Waals surface area contributed by atoms with Crippen molar-refractivity contribution >= 4 is 34.8 Å². The van der Waals surface area contributed by atoms with Crippen molar-refractivity contribution in [3.8, 4) is 0 Å². The van der Waals surface area contributed by atoms with Crippen LogP contribution in [0.3, 0.4) is 0 Å². The molecule has 0 saturated heterocycles. The summed E-state index contributed by atoms with van der Waals surface area (Å²) in [4.78, 5) is 38.0. The zero-order valence-electron chi connectivity index (χ0n) is 14.6. The zero-order chi connectivity index (χ0) is 19.0. The van der Waals surface area contributed by atoms with Gasteiger partial charge in [0.2, 0.25) is 10.6 Å². The van der Waals surface area contributed by atoms with Gasteiger partial charge in [0.05, 0.1) is 22.5 Å². The van der Waals surface area contributed by atoms with Gasteiger partial charge in [-0.2, -0.15) is 0 Å². The topological polar surface area (TPSA) is 85.7 Å². The van der Waals surface area contributed by atoms with Crippen LogP contribution in [0.4, 0.5) is 0 Å². The predicted molar refractivity (Wildman–Crippen MR) is 97.4 cm³/mol. The molecule has 2 heterocycles. The van der Waals surface area contributed by atoms with E-state index in [2.05, 4.69) is 19.9 Å². The number of hydrogen-bond donors (Lipinski definition) is 0. The van der Waals surface area contributed by atoms with Crippen molar-refractivity contribution in [1.29, 1.82) is 0 Å². The van der Waals surface area contributed by atoms with E-state index in [1.807, 2.05) is 6.92 Å². The molecular formula is C17H20Cl2N4O2. The molecule has 0 bridgehead atoms. The Labute approximate surface area is 157 Å². The van der Waals surface area contributed by atoms with Gasteiger partial charge < -0.3 is 0 Å². The summed E-state index contributed by atoms with van der Waals surface area (Å²) in [5.74, 6) is 0.126. The summed E-state index contributed by atoms with van der Waals surface area (Å²) in [5, 5.41) is 0.366. The van der Waals surface area contributed by atoms with Crippen molar-refractivity contribution in [2.24, 2.45) is 0 Å². The third kappa shape index (κ3) is 6.48. The number of carbonyl (C=O) groups excluding carboxylic acids is 2. The van der Waals surface area contributed by atoms with Gasteiger partial charge in [-0.15, -0.1) is 0 Å². The average Bonchev–Trinajstić information content (AvgIpc) is 2.55. The summed E-state index contributed by atoms with van der Waals surface area (Å²) >= 11 is 11.1. The lowest BCUT2D eigenvalue weighted by Crippen LogP contribution is -2.04. The summed E-state index contributed by atoms with van der Waals surface area (Å²) in [6.07, 6.45) is 4.79. The van der Waals surface area contributed by atoms with E-state index in [1.165, 1.54) is 12.4 Å². The van der Waals surface area contributed by atoms with Crippen LogP contribution in [0.1, 0.15) is 65.2 Å². The Morgan fingerprint density at radius 3 is 1.68 bits per heavy atom. The summed E-state index contributed by atoms with van der Waals surface area (Å²) in [6.45, 7) is 7.27. The van der Waals surface area contributed by atoms with Crippen LogP contribution in [-0.4, -0.2) is 31.5 Å². The molecule has 0 atom stereocenters. The molecule has 2 aromatic rings. The van der Waals surface area contributed by atoms with Gasteiger partial charge in [-0.3, -0.25) is 9.59 Å². The summed E-state index contributed by atoms with van der Waals surface area (Å²) in [7, 11) is 0. The van der Waals surface area contributed by atoms with E-state index in [0.29, 0.717) is 35.4 Å². The Hall–Kier alpha value is -1.92. The van der Waals surface area contributed by atoms with Crippen LogP contribution in [0.2, 0.25) is 10.6 Å². The molecule has 0 fully saturated rings. The maximum atomic E-state index is 11.5. The number of aryl methyl sites for hydroxylation is 2. The monoisotopic (exact) mass is 382 g/mol. The lowest BCUT2D eigenvalue weighted by atomic mass is 10.1. The Morgan fingerprint density at radius 2 is 1.32 bits per heavy atom. The molecule has 0 spiro atoms. The number of carbonyl (C=O) groups is 2. The number of hydrogen-bond acceptors (Lipinski definition) is 6. The largest absolute Gasteiger partial charge is 0.294 e. The molecule has 8 heteroatoms. The molecule has 0 aromatic carbocycles. The Kier molecular flexibility index (Phi) is 8.58. The lowest BCUT2D eigenvalue weighted by molar-refractivity contribution is 0.0974. The van der Waals surface area contributed by atoms with E-state index in [1.54, 1.807) is 20.8 Å². The summed E-state index contributed by atoms with van der Waals surface area (Å²) < 4.78 is 0. The minimum atomic E-state index is 0.0455. The third-order valence-electron chi connectivity index (χ3n) is 3.30. The number of Topliss-reactive ketones (excluding diaryl/α,β-unsaturated/α-hetero) is 2. The molecule has 25 heavy (non-hydrogen) atoms. The van der Waals surface area contributed by atoms with Crippen LogP contribution >= 0.6 is 23.2 Å². The van der Waals surface area contributed by atoms with Crippen molar-refractivity contribution in [1.82, 2.24) is 19.9 Å². The number of nitrogens with zero attached hydrogens (tertiary/aromatic N) is 4. The van der Waals surface area contributed by atoms with Gasteiger partial charge in [0, 0.05) is 25.2 Å². The van der Waals surface area contributed by atoms with Crippen LogP contribution in [-0.2, 0) is 0 Å². The average molecular weight is 383 g/mol. The number of rotatable bonds is 5. The summed E-state index contributed by atoms with van der Waals surface area (Å²) in [5.41, 5.74) is 2.42. The molecule has 0 aliphatic carbocycles. The highest BCUT2D eigenvalue weighted by molar-refractivity contribution is 6.28. The first-order valence-corrected chi connectivity index (χ1v) is 8.60. The fourth-order valence-electron chi connectivity index (χ4n) is 1.98. The van der Waals surface area contributed by atoms with E-state index in [4.69, 9.17) is 23.2 Å². The van der Waals surface area contributed by atoms with Crippen molar-refractivity contribution in [3.63, 3.8) is 0 Å². The smallest absolute Gasteiger partial charge is 0.222 e. The van der Waals surface area contributed by atoms with E-state index in [-0.39, 0.29) is 22.1 Å². The Morgan fingerprint density at radius 1 is 0.880 bits per heavy atom. The zero-order valence-corrected chi connectivity index (χ0v) is 16.1. The van der Waals surface area contributed by atoms with Crippen molar-refractivity contribution in [3.05, 3.63) is 45.5 Å². The van der Waals surface area contributed by atoms with E-state index >= 15 is 0 Å². The van der Waals surface area contributed by atoms with Crippen LogP contribution in [0, 0.1) is 13.8 Å². The molecule has 0 aliphatic rings. The van der Waals surface area contributed by atoms with Gasteiger partial charge >= 0.3 is 0 Å². The third-order valence-corrected chi connectivity index (χ3v) is 3.66. The van der Waals surface area contributed by atoms with Crippen molar-refractivity contribution in [2.45, 2.75) is 47.0 Å². The molecule has 2 rings (SSSR count). The minimum absolute atomic E-state index is 0.0455. The Balaban J connectivity index is 0.000000251. The van der Waals surface area contributed by atoms with Crippen molar-refractivity contribution < 1.29 is 9.59 Å². The van der Waals surface area contributed by atoms with Crippen LogP contribution in [0.5, 0.6) is 0 Å². The molecule has 2 aromatic heterocycles. The van der Waals surface area contributed by atoms with Crippen molar-refractivity contribution in [2.75, 3.05) is 0 Å². The molecular weight excluding hydrogens is 363 g/mol. The first-order chi connectivity index (χ1) is 11.8. The van der Waals surface area contributed by atoms with Gasteiger partial charge in [-0.05, 0) is 43.5 Å². The van der Waals surface area contributed by atoms with E-state index in [0.717, 1.165) is 6.42 Å². The molecule has 0 aliphatic heterocycles. The highest BCUT2D eigenvalue weighted by atomic mass is 35.5. The number of ketones is 2. The van der Waals surface area contributed by atoms with Gasteiger partial charge in [-0.1, -0.05) is 13.8 Å². The van der Waals surface area contributed by atoms with E-state index in [9.17, 15) is 9.59 Å².